The van der Waals surface area contributed by atoms with E-state index in [-0.39, 0.29) is 12.1 Å². The van der Waals surface area contributed by atoms with Crippen LogP contribution in [0.4, 0.5) is 0 Å². The van der Waals surface area contributed by atoms with Crippen LogP contribution in [0.5, 0.6) is 0 Å². The summed E-state index contributed by atoms with van der Waals surface area (Å²) in [5.41, 5.74) is 3.30. The van der Waals surface area contributed by atoms with Crippen LogP contribution in [0.3, 0.4) is 0 Å². The van der Waals surface area contributed by atoms with Gasteiger partial charge in [-0.05, 0) is 65.8 Å². The Kier molecular flexibility index (Phi) is 5.88. The Morgan fingerprint density at radius 1 is 1.00 bits per heavy atom. The van der Waals surface area contributed by atoms with Crippen molar-refractivity contribution in [3.63, 3.8) is 0 Å². The average Bonchev–Trinajstić information content (AvgIpc) is 3.44. The molecule has 162 valence electrons. The third-order valence-electron chi connectivity index (χ3n) is 6.04. The number of benzene rings is 2. The Labute approximate surface area is 193 Å². The van der Waals surface area contributed by atoms with Crippen LogP contribution in [0.1, 0.15) is 29.9 Å². The van der Waals surface area contributed by atoms with Gasteiger partial charge in [0.25, 0.3) is 0 Å². The monoisotopic (exact) mass is 442 g/mol. The van der Waals surface area contributed by atoms with Crippen LogP contribution in [0, 0.1) is 0 Å². The summed E-state index contributed by atoms with van der Waals surface area (Å²) >= 11 is 5.78. The minimum absolute atomic E-state index is 0.0238. The lowest BCUT2D eigenvalue weighted by Crippen LogP contribution is -2.32. The zero-order valence-electron chi connectivity index (χ0n) is 18.0. The molecule has 0 unspecified atom stereocenters. The van der Waals surface area contributed by atoms with E-state index in [0.717, 1.165) is 29.5 Å². The Bertz CT molecular complexity index is 1220. The van der Waals surface area contributed by atoms with Crippen molar-refractivity contribution in [1.82, 2.24) is 19.8 Å². The molecule has 2 atom stereocenters. The summed E-state index contributed by atoms with van der Waals surface area (Å²) in [6, 6.07) is 25.4. The summed E-state index contributed by atoms with van der Waals surface area (Å²) in [7, 11) is 1.74. The van der Waals surface area contributed by atoms with E-state index < -0.39 is 0 Å². The van der Waals surface area contributed by atoms with E-state index in [9.17, 15) is 0 Å². The number of pyridine rings is 1. The molecule has 0 aliphatic carbocycles. The lowest BCUT2D eigenvalue weighted by molar-refractivity contribution is 0.180. The van der Waals surface area contributed by atoms with Gasteiger partial charge >= 0.3 is 0 Å². The van der Waals surface area contributed by atoms with Gasteiger partial charge in [0, 0.05) is 44.0 Å². The second-order valence-electron chi connectivity index (χ2n) is 8.00. The molecule has 0 radical (unpaired) electrons. The molecule has 4 aromatic rings. The predicted molar refractivity (Wildman–Crippen MR) is 132 cm³/mol. The average molecular weight is 443 g/mol. The number of hydrogen-bond donors (Lipinski definition) is 1. The third kappa shape index (κ3) is 3.87. The van der Waals surface area contributed by atoms with Gasteiger partial charge in [-0.15, -0.1) is 0 Å². The number of nitrogens with one attached hydrogen (secondary N) is 1. The maximum Gasteiger partial charge on any atom is 0.170 e. The van der Waals surface area contributed by atoms with Crippen LogP contribution in [-0.4, -0.2) is 39.8 Å². The van der Waals surface area contributed by atoms with E-state index in [0.29, 0.717) is 6.61 Å². The standard InChI is InChI=1S/C26H26N4OS/c1-31-17-7-16-30-25(24(28-26(30)32)22-10-4-5-14-27-22)23-11-6-15-29(23)21-13-12-19-8-2-3-9-20(19)18-21/h2-6,8-15,18,24-25H,7,16-17H2,1H3,(H,28,32)/t24-,25-/m1/s1. The van der Waals surface area contributed by atoms with Crippen molar-refractivity contribution < 1.29 is 4.74 Å². The molecule has 0 spiro atoms. The summed E-state index contributed by atoms with van der Waals surface area (Å²) in [6.45, 7) is 1.52. The third-order valence-corrected chi connectivity index (χ3v) is 6.39. The maximum atomic E-state index is 5.78. The Balaban J connectivity index is 1.58. The molecule has 3 heterocycles. The number of hydrogen-bond acceptors (Lipinski definition) is 3. The van der Waals surface area contributed by atoms with E-state index in [1.54, 1.807) is 7.11 Å². The molecule has 1 N–H and O–H groups in total. The van der Waals surface area contributed by atoms with Gasteiger partial charge in [-0.3, -0.25) is 4.98 Å². The van der Waals surface area contributed by atoms with Gasteiger partial charge in [0.15, 0.2) is 5.11 Å². The van der Waals surface area contributed by atoms with Crippen LogP contribution >= 0.6 is 12.2 Å². The number of aromatic nitrogens is 2. The number of methoxy groups -OCH3 is 1. The van der Waals surface area contributed by atoms with Crippen molar-refractivity contribution >= 4 is 28.1 Å². The largest absolute Gasteiger partial charge is 0.385 e. The molecule has 0 amide bonds. The van der Waals surface area contributed by atoms with Gasteiger partial charge in [0.2, 0.25) is 0 Å². The molecule has 1 fully saturated rings. The van der Waals surface area contributed by atoms with Crippen LogP contribution < -0.4 is 5.32 Å². The highest BCUT2D eigenvalue weighted by molar-refractivity contribution is 7.80. The van der Waals surface area contributed by atoms with Crippen LogP contribution in [-0.2, 0) is 4.74 Å². The normalized spacial score (nSPS) is 18.3. The zero-order valence-corrected chi connectivity index (χ0v) is 18.8. The molecule has 0 saturated carbocycles. The van der Waals surface area contributed by atoms with Crippen molar-refractivity contribution in [2.75, 3.05) is 20.3 Å². The molecule has 5 nitrogen and oxygen atoms in total. The highest BCUT2D eigenvalue weighted by atomic mass is 32.1. The van der Waals surface area contributed by atoms with Gasteiger partial charge < -0.3 is 19.5 Å². The van der Waals surface area contributed by atoms with Crippen LogP contribution in [0.25, 0.3) is 16.5 Å². The minimum atomic E-state index is -0.0275. The number of rotatable bonds is 7. The Hall–Kier alpha value is -3.22. The first-order valence-corrected chi connectivity index (χ1v) is 11.3. The smallest absolute Gasteiger partial charge is 0.170 e. The first-order chi connectivity index (χ1) is 15.8. The van der Waals surface area contributed by atoms with Crippen molar-refractivity contribution in [1.29, 1.82) is 0 Å². The predicted octanol–water partition coefficient (Wildman–Crippen LogP) is 5.03. The lowest BCUT2D eigenvalue weighted by Gasteiger charge is -2.29. The zero-order chi connectivity index (χ0) is 21.9. The molecular weight excluding hydrogens is 416 g/mol. The van der Waals surface area contributed by atoms with Gasteiger partial charge in [-0.2, -0.15) is 0 Å². The molecular formula is C26H26N4OS. The van der Waals surface area contributed by atoms with Crippen LogP contribution in [0.15, 0.2) is 85.2 Å². The number of ether oxygens (including phenoxy) is 1. The quantitative estimate of drug-likeness (QED) is 0.321. The van der Waals surface area contributed by atoms with Gasteiger partial charge in [0.1, 0.15) is 0 Å². The van der Waals surface area contributed by atoms with Crippen molar-refractivity contribution in [3.05, 3.63) is 96.6 Å². The molecule has 1 aliphatic heterocycles. The lowest BCUT2D eigenvalue weighted by atomic mass is 10.0. The van der Waals surface area contributed by atoms with Gasteiger partial charge in [-0.25, -0.2) is 0 Å². The fourth-order valence-corrected chi connectivity index (χ4v) is 4.88. The molecule has 0 bridgehead atoms. The van der Waals surface area contributed by atoms with E-state index in [1.165, 1.54) is 16.5 Å². The number of thiocarbonyl (C=S) groups is 1. The molecule has 32 heavy (non-hydrogen) atoms. The fraction of sp³-hybridized carbons (Fsp3) is 0.231. The summed E-state index contributed by atoms with van der Waals surface area (Å²) < 4.78 is 7.57. The van der Waals surface area contributed by atoms with E-state index in [2.05, 4.69) is 86.6 Å². The van der Waals surface area contributed by atoms with Gasteiger partial charge in [0.05, 0.1) is 17.8 Å². The van der Waals surface area contributed by atoms with Crippen molar-refractivity contribution in [2.45, 2.75) is 18.5 Å². The minimum Gasteiger partial charge on any atom is -0.385 e. The number of fused-ring (bicyclic) bond motifs is 1. The first-order valence-electron chi connectivity index (χ1n) is 10.9. The SMILES string of the molecule is COCCCN1C(=S)N[C@H](c2ccccn2)[C@H]1c1cccn1-c1ccc2ccccc2c1. The van der Waals surface area contributed by atoms with Gasteiger partial charge in [-0.1, -0.05) is 36.4 Å². The fourth-order valence-electron chi connectivity index (χ4n) is 4.54. The van der Waals surface area contributed by atoms with Crippen LogP contribution in [0.2, 0.25) is 0 Å². The topological polar surface area (TPSA) is 42.3 Å². The molecule has 5 rings (SSSR count). The molecule has 2 aromatic carbocycles. The first kappa shape index (κ1) is 20.7. The van der Waals surface area contributed by atoms with E-state index in [1.807, 2.05) is 18.3 Å². The highest BCUT2D eigenvalue weighted by Gasteiger charge is 2.40. The number of nitrogens with zero attached hydrogens (tertiary/aromatic N) is 3. The Morgan fingerprint density at radius 3 is 2.66 bits per heavy atom. The molecule has 6 heteroatoms. The maximum absolute atomic E-state index is 5.78. The van der Waals surface area contributed by atoms with Crippen molar-refractivity contribution in [2.24, 2.45) is 0 Å². The summed E-state index contributed by atoms with van der Waals surface area (Å²) in [5, 5.41) is 6.75. The molecule has 1 saturated heterocycles. The summed E-state index contributed by atoms with van der Waals surface area (Å²) in [4.78, 5) is 6.93. The second kappa shape index (κ2) is 9.10. The highest BCUT2D eigenvalue weighted by Crippen LogP contribution is 2.39. The van der Waals surface area contributed by atoms with E-state index in [4.69, 9.17) is 17.0 Å². The van der Waals surface area contributed by atoms with Crippen molar-refractivity contribution in [3.8, 4) is 5.69 Å². The summed E-state index contributed by atoms with van der Waals surface area (Å²) in [6.07, 6.45) is 4.87. The Morgan fingerprint density at radius 2 is 1.84 bits per heavy atom. The second-order valence-corrected chi connectivity index (χ2v) is 8.39. The molecule has 1 aliphatic rings. The van der Waals surface area contributed by atoms with E-state index >= 15 is 0 Å². The summed E-state index contributed by atoms with van der Waals surface area (Å²) in [5.74, 6) is 0. The molecule has 2 aromatic heterocycles.